The average Bonchev–Trinajstić information content (AvgIpc) is 3.11. The largest absolute Gasteiger partial charge is 0.461 e. The van der Waals surface area contributed by atoms with Crippen molar-refractivity contribution in [2.75, 3.05) is 6.54 Å². The molecule has 3 heterocycles. The van der Waals surface area contributed by atoms with Gasteiger partial charge in [-0.15, -0.1) is 5.10 Å². The molecule has 2 N–H and O–H groups in total. The number of hydrogen-bond acceptors (Lipinski definition) is 4. The van der Waals surface area contributed by atoms with Crippen LogP contribution in [0.1, 0.15) is 29.2 Å². The summed E-state index contributed by atoms with van der Waals surface area (Å²) in [6, 6.07) is 11.4. The van der Waals surface area contributed by atoms with E-state index < -0.39 is 0 Å². The van der Waals surface area contributed by atoms with E-state index in [0.717, 1.165) is 23.7 Å². The Kier molecular flexibility index (Phi) is 3.89. The summed E-state index contributed by atoms with van der Waals surface area (Å²) < 4.78 is 8.52. The van der Waals surface area contributed by atoms with E-state index in [0.29, 0.717) is 30.2 Å². The van der Waals surface area contributed by atoms with Gasteiger partial charge in [0, 0.05) is 29.7 Å². The van der Waals surface area contributed by atoms with E-state index >= 15 is 0 Å². The van der Waals surface area contributed by atoms with E-state index in [9.17, 15) is 9.59 Å². The number of fused-ring (bicyclic) bond motifs is 1. The van der Waals surface area contributed by atoms with Gasteiger partial charge in [0.05, 0.1) is 18.4 Å². The summed E-state index contributed by atoms with van der Waals surface area (Å²) >= 11 is 0. The molecular weight excluding hydrogens is 358 g/mol. The first-order valence-electron chi connectivity index (χ1n) is 9.30. The smallest absolute Gasteiger partial charge is 0.346 e. The number of hydrogen-bond donors (Lipinski definition) is 2. The Labute approximate surface area is 159 Å². The molecule has 28 heavy (non-hydrogen) atoms. The maximum atomic E-state index is 12.7. The van der Waals surface area contributed by atoms with Gasteiger partial charge in [0.25, 0.3) is 5.91 Å². The lowest BCUT2D eigenvalue weighted by Gasteiger charge is -2.04. The van der Waals surface area contributed by atoms with Crippen LogP contribution < -0.4 is 11.0 Å². The number of rotatable bonds is 6. The van der Waals surface area contributed by atoms with E-state index in [1.54, 1.807) is 29.2 Å². The third-order valence-electron chi connectivity index (χ3n) is 4.97. The van der Waals surface area contributed by atoms with Crippen molar-refractivity contribution in [3.63, 3.8) is 0 Å². The minimum Gasteiger partial charge on any atom is -0.461 e. The van der Waals surface area contributed by atoms with Crippen LogP contribution in [0.5, 0.6) is 0 Å². The van der Waals surface area contributed by atoms with Gasteiger partial charge in [0.2, 0.25) is 5.82 Å². The third-order valence-corrected chi connectivity index (χ3v) is 4.97. The fraction of sp³-hybridized carbons (Fsp3) is 0.250. The summed E-state index contributed by atoms with van der Waals surface area (Å²) in [5.41, 5.74) is 1.33. The number of furan rings is 1. The zero-order valence-electron chi connectivity index (χ0n) is 15.1. The Morgan fingerprint density at radius 2 is 2.11 bits per heavy atom. The highest BCUT2D eigenvalue weighted by atomic mass is 16.3. The van der Waals surface area contributed by atoms with Crippen LogP contribution in [0, 0.1) is 0 Å². The summed E-state index contributed by atoms with van der Waals surface area (Å²) in [7, 11) is 0. The second kappa shape index (κ2) is 6.56. The van der Waals surface area contributed by atoms with Crippen LogP contribution in [-0.4, -0.2) is 31.8 Å². The van der Waals surface area contributed by atoms with Gasteiger partial charge >= 0.3 is 5.69 Å². The van der Waals surface area contributed by atoms with Crippen molar-refractivity contribution >= 4 is 16.8 Å². The molecule has 0 bridgehead atoms. The van der Waals surface area contributed by atoms with Gasteiger partial charge < -0.3 is 14.7 Å². The summed E-state index contributed by atoms with van der Waals surface area (Å²) in [6.45, 7) is 0.595. The molecule has 0 spiro atoms. The first-order chi connectivity index (χ1) is 13.7. The first-order valence-corrected chi connectivity index (χ1v) is 9.30. The molecule has 5 rings (SSSR count). The number of para-hydroxylation sites is 1. The quantitative estimate of drug-likeness (QED) is 0.539. The van der Waals surface area contributed by atoms with E-state index in [4.69, 9.17) is 4.42 Å². The van der Waals surface area contributed by atoms with Crippen LogP contribution >= 0.6 is 0 Å². The van der Waals surface area contributed by atoms with Crippen LogP contribution in [0.3, 0.4) is 0 Å². The second-order valence-corrected chi connectivity index (χ2v) is 6.91. The minimum atomic E-state index is -0.182. The zero-order chi connectivity index (χ0) is 19.1. The Morgan fingerprint density at radius 1 is 1.25 bits per heavy atom. The molecule has 1 aliphatic rings. The van der Waals surface area contributed by atoms with Gasteiger partial charge in [-0.25, -0.2) is 9.48 Å². The Balaban J connectivity index is 1.33. The second-order valence-electron chi connectivity index (χ2n) is 6.91. The zero-order valence-corrected chi connectivity index (χ0v) is 15.1. The number of nitrogens with one attached hydrogen (secondary N) is 2. The molecule has 0 saturated heterocycles. The lowest BCUT2D eigenvalue weighted by atomic mass is 10.1. The number of aromatic nitrogens is 4. The highest BCUT2D eigenvalue weighted by Crippen LogP contribution is 2.36. The van der Waals surface area contributed by atoms with Crippen LogP contribution in [0.25, 0.3) is 22.5 Å². The average molecular weight is 377 g/mol. The van der Waals surface area contributed by atoms with Crippen molar-refractivity contribution in [2.45, 2.75) is 25.4 Å². The van der Waals surface area contributed by atoms with Crippen molar-refractivity contribution in [1.82, 2.24) is 24.6 Å². The molecule has 8 nitrogen and oxygen atoms in total. The van der Waals surface area contributed by atoms with Crippen molar-refractivity contribution in [3.05, 3.63) is 64.9 Å². The lowest BCUT2D eigenvalue weighted by molar-refractivity contribution is 0.0953. The van der Waals surface area contributed by atoms with E-state index in [2.05, 4.69) is 15.4 Å². The molecule has 0 radical (unpaired) electrons. The van der Waals surface area contributed by atoms with Crippen molar-refractivity contribution < 1.29 is 9.21 Å². The predicted octanol–water partition coefficient (Wildman–Crippen LogP) is 2.55. The number of carbonyl (C=O) groups is 1. The normalized spacial score (nSPS) is 13.9. The standard InChI is InChI=1S/C20H19N5O3/c26-19(15-12-22-16-5-2-1-4-14(15)16)21-9-10-24-20(27)25(13-7-8-13)18(23-24)17-6-3-11-28-17/h1-6,11-13,22H,7-10H2,(H,21,26). The maximum Gasteiger partial charge on any atom is 0.346 e. The molecule has 0 aliphatic heterocycles. The van der Waals surface area contributed by atoms with E-state index in [-0.39, 0.29) is 17.6 Å². The highest BCUT2D eigenvalue weighted by Gasteiger charge is 2.31. The highest BCUT2D eigenvalue weighted by molar-refractivity contribution is 6.06. The topological polar surface area (TPSA) is 97.8 Å². The molecule has 8 heteroatoms. The van der Waals surface area contributed by atoms with Gasteiger partial charge in [-0.2, -0.15) is 0 Å². The van der Waals surface area contributed by atoms with Crippen molar-refractivity contribution in [3.8, 4) is 11.6 Å². The van der Waals surface area contributed by atoms with Gasteiger partial charge in [0.1, 0.15) is 0 Å². The Hall–Kier alpha value is -3.55. The molecule has 4 aromatic rings. The molecular formula is C20H19N5O3. The molecule has 1 saturated carbocycles. The number of H-pyrrole nitrogens is 1. The van der Waals surface area contributed by atoms with Crippen molar-refractivity contribution in [1.29, 1.82) is 0 Å². The predicted molar refractivity (Wildman–Crippen MR) is 103 cm³/mol. The Morgan fingerprint density at radius 3 is 2.89 bits per heavy atom. The molecule has 1 aromatic carbocycles. The minimum absolute atomic E-state index is 0.171. The van der Waals surface area contributed by atoms with Crippen LogP contribution in [0.15, 0.2) is 58.1 Å². The SMILES string of the molecule is O=C(NCCn1nc(-c2ccco2)n(C2CC2)c1=O)c1c[nH]c2ccccc12. The summed E-state index contributed by atoms with van der Waals surface area (Å²) in [5.74, 6) is 0.935. The number of amides is 1. The van der Waals surface area contributed by atoms with Crippen LogP contribution in [0.2, 0.25) is 0 Å². The van der Waals surface area contributed by atoms with E-state index in [1.165, 1.54) is 4.68 Å². The lowest BCUT2D eigenvalue weighted by Crippen LogP contribution is -2.32. The number of carbonyl (C=O) groups excluding carboxylic acids is 1. The monoisotopic (exact) mass is 377 g/mol. The summed E-state index contributed by atoms with van der Waals surface area (Å²) in [4.78, 5) is 28.4. The number of nitrogens with zero attached hydrogens (tertiary/aromatic N) is 3. The van der Waals surface area contributed by atoms with Gasteiger partial charge in [0.15, 0.2) is 5.76 Å². The third kappa shape index (κ3) is 2.83. The summed E-state index contributed by atoms with van der Waals surface area (Å²) in [5, 5.41) is 8.18. The molecule has 0 unspecified atom stereocenters. The van der Waals surface area contributed by atoms with Gasteiger partial charge in [-0.1, -0.05) is 18.2 Å². The fourth-order valence-electron chi connectivity index (χ4n) is 3.43. The van der Waals surface area contributed by atoms with Gasteiger partial charge in [-0.3, -0.25) is 9.36 Å². The van der Waals surface area contributed by atoms with Crippen molar-refractivity contribution in [2.24, 2.45) is 0 Å². The van der Waals surface area contributed by atoms with Gasteiger partial charge in [-0.05, 0) is 31.0 Å². The summed E-state index contributed by atoms with van der Waals surface area (Å²) in [6.07, 6.45) is 5.20. The van der Waals surface area contributed by atoms with Crippen LogP contribution in [-0.2, 0) is 6.54 Å². The molecule has 1 aliphatic carbocycles. The maximum absolute atomic E-state index is 12.7. The van der Waals surface area contributed by atoms with E-state index in [1.807, 2.05) is 24.3 Å². The fourth-order valence-corrected chi connectivity index (χ4v) is 3.43. The molecule has 1 amide bonds. The molecule has 1 fully saturated rings. The molecule has 3 aromatic heterocycles. The first kappa shape index (κ1) is 16.6. The number of aromatic amines is 1. The number of benzene rings is 1. The molecule has 142 valence electrons. The molecule has 0 atom stereocenters. The Bertz CT molecular complexity index is 1190. The van der Waals surface area contributed by atoms with Crippen LogP contribution in [0.4, 0.5) is 0 Å².